The van der Waals surface area contributed by atoms with Gasteiger partial charge in [0.2, 0.25) is 0 Å². The predicted octanol–water partition coefficient (Wildman–Crippen LogP) is 2.41. The molecule has 0 aromatic heterocycles. The number of carbonyl (C=O) groups excluding carboxylic acids is 1. The number of hydrogen-bond acceptors (Lipinski definition) is 3. The van der Waals surface area contributed by atoms with Crippen LogP contribution in [0.3, 0.4) is 0 Å². The Labute approximate surface area is 122 Å². The lowest BCUT2D eigenvalue weighted by atomic mass is 10.2. The van der Waals surface area contributed by atoms with Crippen LogP contribution in [0.5, 0.6) is 0 Å². The minimum Gasteiger partial charge on any atom is -0.354 e. The van der Waals surface area contributed by atoms with Gasteiger partial charge in [-0.3, -0.25) is 0 Å². The molecule has 106 valence electrons. The van der Waals surface area contributed by atoms with E-state index in [-0.39, 0.29) is 12.6 Å². The van der Waals surface area contributed by atoms with Crippen molar-refractivity contribution in [2.24, 2.45) is 0 Å². The molecule has 19 heavy (non-hydrogen) atoms. The van der Waals surface area contributed by atoms with Gasteiger partial charge in [-0.05, 0) is 17.7 Å². The number of halogens is 2. The van der Waals surface area contributed by atoms with Crippen LogP contribution >= 0.6 is 23.2 Å². The summed E-state index contributed by atoms with van der Waals surface area (Å²) >= 11 is 11.8. The van der Waals surface area contributed by atoms with Crippen LogP contribution in [0.15, 0.2) is 18.2 Å². The van der Waals surface area contributed by atoms with Crippen molar-refractivity contribution in [1.82, 2.24) is 10.6 Å². The van der Waals surface area contributed by atoms with Crippen LogP contribution in [0.2, 0.25) is 10.0 Å². The van der Waals surface area contributed by atoms with Crippen LogP contribution in [-0.2, 0) is 16.0 Å². The number of carbonyl (C=O) groups is 1. The third kappa shape index (κ3) is 5.65. The summed E-state index contributed by atoms with van der Waals surface area (Å²) < 4.78 is 9.89. The Morgan fingerprint density at radius 2 is 1.95 bits per heavy atom. The smallest absolute Gasteiger partial charge is 0.315 e. The normalized spacial score (nSPS) is 10.6. The first-order valence-corrected chi connectivity index (χ1v) is 6.33. The summed E-state index contributed by atoms with van der Waals surface area (Å²) in [7, 11) is 3.00. The van der Waals surface area contributed by atoms with Gasteiger partial charge in [-0.1, -0.05) is 29.3 Å². The van der Waals surface area contributed by atoms with Crippen molar-refractivity contribution in [3.8, 4) is 0 Å². The van der Waals surface area contributed by atoms with E-state index in [4.69, 9.17) is 32.7 Å². The number of methoxy groups -OCH3 is 2. The van der Waals surface area contributed by atoms with Crippen molar-refractivity contribution >= 4 is 29.2 Å². The van der Waals surface area contributed by atoms with Crippen LogP contribution < -0.4 is 10.6 Å². The molecule has 2 amide bonds. The lowest BCUT2D eigenvalue weighted by Gasteiger charge is -2.14. The van der Waals surface area contributed by atoms with Crippen molar-refractivity contribution in [3.63, 3.8) is 0 Å². The van der Waals surface area contributed by atoms with Gasteiger partial charge >= 0.3 is 6.03 Å². The van der Waals surface area contributed by atoms with E-state index < -0.39 is 6.29 Å². The molecular formula is C12H16Cl2N2O3. The Hall–Kier alpha value is -1.01. The summed E-state index contributed by atoms with van der Waals surface area (Å²) in [6.45, 7) is 0.569. The van der Waals surface area contributed by atoms with Crippen molar-refractivity contribution in [2.45, 2.75) is 12.8 Å². The van der Waals surface area contributed by atoms with E-state index in [1.54, 1.807) is 18.2 Å². The number of rotatable bonds is 6. The molecule has 0 saturated heterocycles. The summed E-state index contributed by atoms with van der Waals surface area (Å²) in [5.41, 5.74) is 0.788. The molecular weight excluding hydrogens is 291 g/mol. The molecule has 0 atom stereocenters. The van der Waals surface area contributed by atoms with Gasteiger partial charge in [0.15, 0.2) is 6.29 Å². The van der Waals surface area contributed by atoms with E-state index in [9.17, 15) is 4.79 Å². The fourth-order valence-corrected chi connectivity index (χ4v) is 1.82. The zero-order valence-corrected chi connectivity index (χ0v) is 12.2. The third-order valence-electron chi connectivity index (χ3n) is 2.41. The van der Waals surface area contributed by atoms with Crippen molar-refractivity contribution < 1.29 is 14.3 Å². The molecule has 0 bridgehead atoms. The molecule has 1 aromatic rings. The lowest BCUT2D eigenvalue weighted by molar-refractivity contribution is -0.0971. The largest absolute Gasteiger partial charge is 0.354 e. The van der Waals surface area contributed by atoms with E-state index in [1.165, 1.54) is 14.2 Å². The van der Waals surface area contributed by atoms with Crippen LogP contribution in [-0.4, -0.2) is 33.1 Å². The molecule has 2 N–H and O–H groups in total. The van der Waals surface area contributed by atoms with E-state index >= 15 is 0 Å². The molecule has 5 nitrogen and oxygen atoms in total. The number of amides is 2. The summed E-state index contributed by atoms with van der Waals surface area (Å²) in [5, 5.41) is 6.36. The first-order valence-electron chi connectivity index (χ1n) is 5.58. The van der Waals surface area contributed by atoms with Gasteiger partial charge in [0.05, 0.1) is 6.54 Å². The van der Waals surface area contributed by atoms with E-state index in [0.717, 1.165) is 5.56 Å². The Balaban J connectivity index is 2.37. The molecule has 1 rings (SSSR count). The van der Waals surface area contributed by atoms with Crippen molar-refractivity contribution in [3.05, 3.63) is 33.8 Å². The van der Waals surface area contributed by atoms with Gasteiger partial charge in [-0.25, -0.2) is 4.79 Å². The Bertz CT molecular complexity index is 425. The van der Waals surface area contributed by atoms with Crippen LogP contribution in [0, 0.1) is 0 Å². The molecule has 0 saturated carbocycles. The molecule has 1 aromatic carbocycles. The SMILES string of the molecule is COC(CNC(=O)NCc1ccc(Cl)cc1Cl)OC. The zero-order valence-electron chi connectivity index (χ0n) is 10.7. The average molecular weight is 307 g/mol. The van der Waals surface area contributed by atoms with Gasteiger partial charge in [0.25, 0.3) is 0 Å². The van der Waals surface area contributed by atoms with Crippen molar-refractivity contribution in [1.29, 1.82) is 0 Å². The molecule has 0 heterocycles. The van der Waals surface area contributed by atoms with Crippen LogP contribution in [0.1, 0.15) is 5.56 Å². The molecule has 0 aliphatic carbocycles. The maximum Gasteiger partial charge on any atom is 0.315 e. The fraction of sp³-hybridized carbons (Fsp3) is 0.417. The topological polar surface area (TPSA) is 59.6 Å². The number of hydrogen-bond donors (Lipinski definition) is 2. The van der Waals surface area contributed by atoms with E-state index in [2.05, 4.69) is 10.6 Å². The summed E-state index contributed by atoms with van der Waals surface area (Å²) in [6, 6.07) is 4.78. The molecule has 0 aliphatic heterocycles. The van der Waals surface area contributed by atoms with E-state index in [1.807, 2.05) is 0 Å². The minimum atomic E-state index is -0.468. The number of benzene rings is 1. The van der Waals surface area contributed by atoms with Crippen LogP contribution in [0.25, 0.3) is 0 Å². The monoisotopic (exact) mass is 306 g/mol. The second-order valence-electron chi connectivity index (χ2n) is 3.70. The van der Waals surface area contributed by atoms with Gasteiger partial charge in [-0.15, -0.1) is 0 Å². The molecule has 0 unspecified atom stereocenters. The highest BCUT2D eigenvalue weighted by atomic mass is 35.5. The zero-order chi connectivity index (χ0) is 14.3. The van der Waals surface area contributed by atoms with E-state index in [0.29, 0.717) is 16.6 Å². The standard InChI is InChI=1S/C12H16Cl2N2O3/c1-18-11(19-2)7-16-12(17)15-6-8-3-4-9(13)5-10(8)14/h3-5,11H,6-7H2,1-2H3,(H2,15,16,17). The first-order chi connectivity index (χ1) is 9.06. The minimum absolute atomic E-state index is 0.257. The van der Waals surface area contributed by atoms with Gasteiger partial charge in [0, 0.05) is 30.8 Å². The molecule has 7 heteroatoms. The fourth-order valence-electron chi connectivity index (χ4n) is 1.34. The van der Waals surface area contributed by atoms with Gasteiger partial charge in [-0.2, -0.15) is 0 Å². The molecule has 0 spiro atoms. The van der Waals surface area contributed by atoms with Crippen LogP contribution in [0.4, 0.5) is 4.79 Å². The molecule has 0 radical (unpaired) electrons. The second kappa shape index (κ2) is 8.22. The van der Waals surface area contributed by atoms with Crippen molar-refractivity contribution in [2.75, 3.05) is 20.8 Å². The quantitative estimate of drug-likeness (QED) is 0.794. The number of nitrogens with one attached hydrogen (secondary N) is 2. The predicted molar refractivity (Wildman–Crippen MR) is 74.5 cm³/mol. The number of ether oxygens (including phenoxy) is 2. The highest BCUT2D eigenvalue weighted by Crippen LogP contribution is 2.20. The second-order valence-corrected chi connectivity index (χ2v) is 4.54. The lowest BCUT2D eigenvalue weighted by Crippen LogP contribution is -2.40. The Morgan fingerprint density at radius 1 is 1.26 bits per heavy atom. The van der Waals surface area contributed by atoms with Gasteiger partial charge < -0.3 is 20.1 Å². The summed E-state index contributed by atoms with van der Waals surface area (Å²) in [6.07, 6.45) is -0.468. The summed E-state index contributed by atoms with van der Waals surface area (Å²) in [5.74, 6) is 0. The first kappa shape index (κ1) is 16.0. The number of urea groups is 1. The maximum absolute atomic E-state index is 11.5. The third-order valence-corrected chi connectivity index (χ3v) is 3.00. The molecule has 0 aliphatic rings. The maximum atomic E-state index is 11.5. The summed E-state index contributed by atoms with van der Waals surface area (Å²) in [4.78, 5) is 11.5. The van der Waals surface area contributed by atoms with Gasteiger partial charge in [0.1, 0.15) is 0 Å². The molecule has 0 fully saturated rings. The highest BCUT2D eigenvalue weighted by molar-refractivity contribution is 6.35. The average Bonchev–Trinajstić information content (AvgIpc) is 2.39. The Kier molecular flexibility index (Phi) is 6.94. The highest BCUT2D eigenvalue weighted by Gasteiger charge is 2.08. The Morgan fingerprint density at radius 3 is 2.53 bits per heavy atom.